The van der Waals surface area contributed by atoms with E-state index in [1.54, 1.807) is 0 Å². The van der Waals surface area contributed by atoms with Crippen molar-refractivity contribution in [2.45, 2.75) is 39.3 Å². The van der Waals surface area contributed by atoms with Gasteiger partial charge in [-0.25, -0.2) is 4.39 Å². The van der Waals surface area contributed by atoms with E-state index in [2.05, 4.69) is 4.90 Å². The summed E-state index contributed by atoms with van der Waals surface area (Å²) in [5.74, 6) is 0.230. The van der Waals surface area contributed by atoms with E-state index < -0.39 is 0 Å². The first-order valence-electron chi connectivity index (χ1n) is 7.71. The van der Waals surface area contributed by atoms with Crippen molar-refractivity contribution in [3.05, 3.63) is 35.6 Å². The fourth-order valence-corrected chi connectivity index (χ4v) is 2.73. The lowest BCUT2D eigenvalue weighted by Crippen LogP contribution is -2.43. The van der Waals surface area contributed by atoms with Crippen LogP contribution in [0.5, 0.6) is 0 Å². The molecule has 1 aromatic carbocycles. The largest absolute Gasteiger partial charge is 0.343 e. The van der Waals surface area contributed by atoms with Crippen LogP contribution in [0.4, 0.5) is 4.39 Å². The number of halogens is 1. The number of amides is 1. The van der Waals surface area contributed by atoms with Crippen molar-refractivity contribution in [3.8, 4) is 0 Å². The van der Waals surface area contributed by atoms with Gasteiger partial charge in [0.2, 0.25) is 5.91 Å². The zero-order valence-corrected chi connectivity index (χ0v) is 13.2. The van der Waals surface area contributed by atoms with Crippen LogP contribution in [0.25, 0.3) is 0 Å². The number of carbonyl (C=O) groups is 1. The molecule has 116 valence electrons. The Labute approximate surface area is 126 Å². The summed E-state index contributed by atoms with van der Waals surface area (Å²) in [5.41, 5.74) is 1.13. The SMILES string of the molecule is CC(C)N(C)C(=O)C1CCN(Cc2ccc(F)cc2)CC1. The Hall–Kier alpha value is -1.42. The first-order chi connectivity index (χ1) is 9.97. The molecule has 0 aliphatic carbocycles. The van der Waals surface area contributed by atoms with Crippen molar-refractivity contribution in [3.63, 3.8) is 0 Å². The summed E-state index contributed by atoms with van der Waals surface area (Å²) in [6.07, 6.45) is 1.83. The third-order valence-corrected chi connectivity index (χ3v) is 4.38. The summed E-state index contributed by atoms with van der Waals surface area (Å²) >= 11 is 0. The number of hydrogen-bond acceptors (Lipinski definition) is 2. The molecule has 0 N–H and O–H groups in total. The Morgan fingerprint density at radius 3 is 2.38 bits per heavy atom. The minimum Gasteiger partial charge on any atom is -0.343 e. The third-order valence-electron chi connectivity index (χ3n) is 4.38. The molecule has 1 aliphatic heterocycles. The smallest absolute Gasteiger partial charge is 0.225 e. The maximum absolute atomic E-state index is 12.9. The minimum atomic E-state index is -0.195. The molecule has 1 aliphatic rings. The first kappa shape index (κ1) is 16.0. The number of nitrogens with zero attached hydrogens (tertiary/aromatic N) is 2. The molecule has 0 atom stereocenters. The lowest BCUT2D eigenvalue weighted by molar-refractivity contribution is -0.137. The number of hydrogen-bond donors (Lipinski definition) is 0. The van der Waals surface area contributed by atoms with Crippen molar-refractivity contribution < 1.29 is 9.18 Å². The molecule has 0 aromatic heterocycles. The molecule has 21 heavy (non-hydrogen) atoms. The monoisotopic (exact) mass is 292 g/mol. The quantitative estimate of drug-likeness (QED) is 0.852. The van der Waals surface area contributed by atoms with E-state index in [1.165, 1.54) is 12.1 Å². The summed E-state index contributed by atoms with van der Waals surface area (Å²) in [6, 6.07) is 6.93. The molecule has 0 saturated carbocycles. The summed E-state index contributed by atoms with van der Waals surface area (Å²) in [5, 5.41) is 0. The Bertz CT molecular complexity index is 464. The van der Waals surface area contributed by atoms with Crippen LogP contribution in [-0.2, 0) is 11.3 Å². The molecule has 1 fully saturated rings. The van der Waals surface area contributed by atoms with Gasteiger partial charge in [0.05, 0.1) is 0 Å². The van der Waals surface area contributed by atoms with E-state index in [4.69, 9.17) is 0 Å². The standard InChI is InChI=1S/C17H25FN2O/c1-13(2)19(3)17(21)15-8-10-20(11-9-15)12-14-4-6-16(18)7-5-14/h4-7,13,15H,8-12H2,1-3H3. The van der Waals surface area contributed by atoms with Gasteiger partial charge in [-0.2, -0.15) is 0 Å². The van der Waals surface area contributed by atoms with Crippen molar-refractivity contribution in [2.75, 3.05) is 20.1 Å². The molecule has 1 heterocycles. The maximum atomic E-state index is 12.9. The summed E-state index contributed by atoms with van der Waals surface area (Å²) in [4.78, 5) is 16.5. The Morgan fingerprint density at radius 2 is 1.86 bits per heavy atom. The molecular formula is C17H25FN2O. The number of likely N-dealkylation sites (tertiary alicyclic amines) is 1. The molecule has 1 amide bonds. The number of benzene rings is 1. The van der Waals surface area contributed by atoms with Gasteiger partial charge in [-0.3, -0.25) is 9.69 Å². The second-order valence-electron chi connectivity index (χ2n) is 6.22. The van der Waals surface area contributed by atoms with Gasteiger partial charge >= 0.3 is 0 Å². The van der Waals surface area contributed by atoms with Gasteiger partial charge in [-0.1, -0.05) is 12.1 Å². The van der Waals surface area contributed by atoms with Gasteiger partial charge in [0.1, 0.15) is 5.82 Å². The van der Waals surface area contributed by atoms with Crippen LogP contribution < -0.4 is 0 Å². The van der Waals surface area contributed by atoms with Gasteiger partial charge in [-0.15, -0.1) is 0 Å². The molecule has 2 rings (SSSR count). The van der Waals surface area contributed by atoms with Crippen LogP contribution in [0.1, 0.15) is 32.3 Å². The minimum absolute atomic E-state index is 0.155. The average molecular weight is 292 g/mol. The van der Waals surface area contributed by atoms with Crippen LogP contribution in [0.15, 0.2) is 24.3 Å². The topological polar surface area (TPSA) is 23.6 Å². The summed E-state index contributed by atoms with van der Waals surface area (Å²) in [6.45, 7) is 6.78. The number of piperidine rings is 1. The Morgan fingerprint density at radius 1 is 1.29 bits per heavy atom. The second-order valence-corrected chi connectivity index (χ2v) is 6.22. The predicted molar refractivity (Wildman–Crippen MR) is 82.3 cm³/mol. The highest BCUT2D eigenvalue weighted by atomic mass is 19.1. The zero-order valence-electron chi connectivity index (χ0n) is 13.2. The van der Waals surface area contributed by atoms with Crippen molar-refractivity contribution in [1.82, 2.24) is 9.80 Å². The Kier molecular flexibility index (Phi) is 5.34. The molecule has 0 bridgehead atoms. The van der Waals surface area contributed by atoms with Gasteiger partial charge < -0.3 is 4.90 Å². The zero-order chi connectivity index (χ0) is 15.4. The molecule has 1 aromatic rings. The number of rotatable bonds is 4. The molecule has 0 spiro atoms. The first-order valence-corrected chi connectivity index (χ1v) is 7.71. The van der Waals surface area contributed by atoms with Crippen LogP contribution >= 0.6 is 0 Å². The van der Waals surface area contributed by atoms with Gasteiger partial charge in [0, 0.05) is 25.6 Å². The van der Waals surface area contributed by atoms with E-state index in [0.29, 0.717) is 0 Å². The van der Waals surface area contributed by atoms with Crippen molar-refractivity contribution in [2.24, 2.45) is 5.92 Å². The van der Waals surface area contributed by atoms with Crippen LogP contribution in [0, 0.1) is 11.7 Å². The highest BCUT2D eigenvalue weighted by Gasteiger charge is 2.27. The molecule has 3 nitrogen and oxygen atoms in total. The molecule has 0 radical (unpaired) electrons. The second kappa shape index (κ2) is 7.03. The molecule has 0 unspecified atom stereocenters. The lowest BCUT2D eigenvalue weighted by atomic mass is 9.94. The van der Waals surface area contributed by atoms with E-state index in [9.17, 15) is 9.18 Å². The highest BCUT2D eigenvalue weighted by molar-refractivity contribution is 5.78. The predicted octanol–water partition coefficient (Wildman–Crippen LogP) is 2.90. The highest BCUT2D eigenvalue weighted by Crippen LogP contribution is 2.21. The van der Waals surface area contributed by atoms with Gasteiger partial charge in [-0.05, 0) is 57.5 Å². The maximum Gasteiger partial charge on any atom is 0.225 e. The summed E-state index contributed by atoms with van der Waals surface area (Å²) in [7, 11) is 1.89. The fraction of sp³-hybridized carbons (Fsp3) is 0.588. The van der Waals surface area contributed by atoms with E-state index in [1.807, 2.05) is 37.9 Å². The molecular weight excluding hydrogens is 267 g/mol. The van der Waals surface area contributed by atoms with Crippen molar-refractivity contribution in [1.29, 1.82) is 0 Å². The van der Waals surface area contributed by atoms with Crippen LogP contribution in [0.3, 0.4) is 0 Å². The van der Waals surface area contributed by atoms with E-state index in [-0.39, 0.29) is 23.7 Å². The lowest BCUT2D eigenvalue weighted by Gasteiger charge is -2.34. The van der Waals surface area contributed by atoms with Gasteiger partial charge in [0.25, 0.3) is 0 Å². The van der Waals surface area contributed by atoms with E-state index >= 15 is 0 Å². The molecule has 1 saturated heterocycles. The van der Waals surface area contributed by atoms with Crippen LogP contribution in [-0.4, -0.2) is 41.9 Å². The van der Waals surface area contributed by atoms with Crippen molar-refractivity contribution >= 4 is 5.91 Å². The van der Waals surface area contributed by atoms with Crippen LogP contribution in [0.2, 0.25) is 0 Å². The van der Waals surface area contributed by atoms with E-state index in [0.717, 1.165) is 38.0 Å². The third kappa shape index (κ3) is 4.27. The Balaban J connectivity index is 1.83. The average Bonchev–Trinajstić information content (AvgIpc) is 2.49. The number of carbonyl (C=O) groups excluding carboxylic acids is 1. The normalized spacial score (nSPS) is 17.2. The van der Waals surface area contributed by atoms with Gasteiger partial charge in [0.15, 0.2) is 0 Å². The summed E-state index contributed by atoms with van der Waals surface area (Å²) < 4.78 is 12.9. The fourth-order valence-electron chi connectivity index (χ4n) is 2.73. The molecule has 4 heteroatoms.